The van der Waals surface area contributed by atoms with Crippen LogP contribution in [0.25, 0.3) is 0 Å². The summed E-state index contributed by atoms with van der Waals surface area (Å²) in [6, 6.07) is 6.45. The zero-order chi connectivity index (χ0) is 17.6. The number of hydrogen-bond donors (Lipinski definition) is 2. The third-order valence-electron chi connectivity index (χ3n) is 3.33. The highest BCUT2D eigenvalue weighted by Crippen LogP contribution is 2.39. The van der Waals surface area contributed by atoms with Crippen molar-refractivity contribution in [3.05, 3.63) is 35.4 Å². The van der Waals surface area contributed by atoms with E-state index in [9.17, 15) is 19.0 Å². The van der Waals surface area contributed by atoms with Gasteiger partial charge in [0.25, 0.3) is 0 Å². The van der Waals surface area contributed by atoms with Gasteiger partial charge in [0, 0.05) is 18.7 Å². The summed E-state index contributed by atoms with van der Waals surface area (Å²) in [5.74, 6) is -0.287. The number of rotatable bonds is 7. The number of carbonyl (C=O) groups excluding carboxylic acids is 2. The molecule has 0 spiro atoms. The smallest absolute Gasteiger partial charge is 0.407 e. The van der Waals surface area contributed by atoms with E-state index in [1.165, 1.54) is 13.8 Å². The SMILES string of the molecule is COC(=O)N[C@@H](Cc1ccc(CP(C)(=O)O)cc1)C(=O)C(C)C. The van der Waals surface area contributed by atoms with Crippen LogP contribution < -0.4 is 5.32 Å². The molecule has 23 heavy (non-hydrogen) atoms. The molecule has 1 aromatic carbocycles. The standard InChI is InChI=1S/C16H24NO5P/c1-11(2)15(18)14(17-16(19)22-3)9-12-5-7-13(8-6-12)10-23(4,20)21/h5-8,11,14H,9-10H2,1-4H3,(H,17,19)(H,20,21)/t14-/m0/s1. The minimum absolute atomic E-state index is 0.0760. The van der Waals surface area contributed by atoms with Crippen LogP contribution in [-0.2, 0) is 26.7 Å². The largest absolute Gasteiger partial charge is 0.453 e. The highest BCUT2D eigenvalue weighted by Gasteiger charge is 2.23. The summed E-state index contributed by atoms with van der Waals surface area (Å²) in [6.45, 7) is 4.87. The maximum atomic E-state index is 12.2. The topological polar surface area (TPSA) is 92.7 Å². The molecule has 0 saturated carbocycles. The van der Waals surface area contributed by atoms with E-state index >= 15 is 0 Å². The Morgan fingerprint density at radius 1 is 1.22 bits per heavy atom. The van der Waals surface area contributed by atoms with Gasteiger partial charge >= 0.3 is 6.09 Å². The molecule has 0 heterocycles. The third kappa shape index (κ3) is 6.97. The second kappa shape index (κ2) is 8.27. The van der Waals surface area contributed by atoms with Crippen molar-refractivity contribution in [3.63, 3.8) is 0 Å². The Hall–Kier alpha value is -1.65. The maximum Gasteiger partial charge on any atom is 0.407 e. The third-order valence-corrected chi connectivity index (χ3v) is 4.28. The van der Waals surface area contributed by atoms with Gasteiger partial charge in [-0.05, 0) is 17.5 Å². The lowest BCUT2D eigenvalue weighted by atomic mass is 9.95. The first kappa shape index (κ1) is 19.4. The minimum atomic E-state index is -3.11. The van der Waals surface area contributed by atoms with Gasteiger partial charge in [-0.2, -0.15) is 0 Å². The number of ketones is 1. The Kier molecular flexibility index (Phi) is 6.98. The second-order valence-electron chi connectivity index (χ2n) is 5.98. The molecular weight excluding hydrogens is 317 g/mol. The fraction of sp³-hybridized carbons (Fsp3) is 0.500. The van der Waals surface area contributed by atoms with E-state index in [4.69, 9.17) is 0 Å². The van der Waals surface area contributed by atoms with Crippen LogP contribution in [0.3, 0.4) is 0 Å². The molecule has 0 radical (unpaired) electrons. The average Bonchev–Trinajstić information content (AvgIpc) is 2.45. The number of Topliss-reactive ketones (excluding diaryl/α,β-unsaturated/α-hetero) is 1. The molecule has 0 aromatic heterocycles. The van der Waals surface area contributed by atoms with E-state index in [1.807, 2.05) is 0 Å². The summed E-state index contributed by atoms with van der Waals surface area (Å²) in [5.41, 5.74) is 1.61. The molecule has 1 amide bonds. The van der Waals surface area contributed by atoms with Crippen molar-refractivity contribution in [2.24, 2.45) is 5.92 Å². The summed E-state index contributed by atoms with van der Waals surface area (Å²) >= 11 is 0. The number of nitrogens with one attached hydrogen (secondary N) is 1. The van der Waals surface area contributed by atoms with E-state index in [2.05, 4.69) is 10.1 Å². The Morgan fingerprint density at radius 2 is 1.74 bits per heavy atom. The Labute approximate surface area is 136 Å². The molecule has 6 nitrogen and oxygen atoms in total. The van der Waals surface area contributed by atoms with Gasteiger partial charge in [0.15, 0.2) is 5.78 Å². The highest BCUT2D eigenvalue weighted by atomic mass is 31.2. The van der Waals surface area contributed by atoms with Crippen LogP contribution in [0.4, 0.5) is 4.79 Å². The van der Waals surface area contributed by atoms with Gasteiger partial charge in [0.05, 0.1) is 13.2 Å². The molecule has 0 bridgehead atoms. The van der Waals surface area contributed by atoms with Crippen LogP contribution in [0.2, 0.25) is 0 Å². The molecule has 0 saturated heterocycles. The summed E-state index contributed by atoms with van der Waals surface area (Å²) in [5, 5.41) is 2.55. The van der Waals surface area contributed by atoms with Crippen LogP contribution in [0.5, 0.6) is 0 Å². The predicted molar refractivity (Wildman–Crippen MR) is 88.8 cm³/mol. The van der Waals surface area contributed by atoms with Gasteiger partial charge in [0.2, 0.25) is 7.37 Å². The van der Waals surface area contributed by atoms with E-state index in [1.54, 1.807) is 38.1 Å². The van der Waals surface area contributed by atoms with E-state index in [0.717, 1.165) is 11.1 Å². The van der Waals surface area contributed by atoms with E-state index in [-0.39, 0.29) is 17.9 Å². The monoisotopic (exact) mass is 341 g/mol. The summed E-state index contributed by atoms with van der Waals surface area (Å²) in [4.78, 5) is 33.0. The van der Waals surface area contributed by atoms with Crippen LogP contribution in [-0.4, -0.2) is 36.6 Å². The van der Waals surface area contributed by atoms with Crippen molar-refractivity contribution < 1.29 is 23.8 Å². The van der Waals surface area contributed by atoms with Crippen LogP contribution in [0.1, 0.15) is 25.0 Å². The molecule has 7 heteroatoms. The number of alkyl carbamates (subject to hydrolysis) is 1. The van der Waals surface area contributed by atoms with Crippen molar-refractivity contribution in [1.82, 2.24) is 5.32 Å². The van der Waals surface area contributed by atoms with Crippen molar-refractivity contribution in [2.75, 3.05) is 13.8 Å². The molecule has 0 aliphatic carbocycles. The lowest BCUT2D eigenvalue weighted by Crippen LogP contribution is -2.44. The zero-order valence-electron chi connectivity index (χ0n) is 13.9. The van der Waals surface area contributed by atoms with Gasteiger partial charge in [-0.15, -0.1) is 0 Å². The first-order chi connectivity index (χ1) is 10.6. The van der Waals surface area contributed by atoms with Gasteiger partial charge in [-0.1, -0.05) is 38.1 Å². The molecule has 0 fully saturated rings. The first-order valence-corrected chi connectivity index (χ1v) is 9.67. The zero-order valence-corrected chi connectivity index (χ0v) is 14.8. The quantitative estimate of drug-likeness (QED) is 0.744. The van der Waals surface area contributed by atoms with E-state index < -0.39 is 19.5 Å². The lowest BCUT2D eigenvalue weighted by Gasteiger charge is -2.19. The number of carbonyl (C=O) groups is 2. The van der Waals surface area contributed by atoms with Gasteiger partial charge < -0.3 is 14.9 Å². The summed E-state index contributed by atoms with van der Waals surface area (Å²) < 4.78 is 16.0. The maximum absolute atomic E-state index is 12.2. The molecule has 2 atom stereocenters. The van der Waals surface area contributed by atoms with E-state index in [0.29, 0.717) is 6.42 Å². The molecular formula is C16H24NO5P. The lowest BCUT2D eigenvalue weighted by molar-refractivity contribution is -0.123. The van der Waals surface area contributed by atoms with Gasteiger partial charge in [-0.25, -0.2) is 4.79 Å². The average molecular weight is 341 g/mol. The number of benzene rings is 1. The van der Waals surface area contributed by atoms with Crippen molar-refractivity contribution in [1.29, 1.82) is 0 Å². The molecule has 0 aliphatic rings. The van der Waals surface area contributed by atoms with Crippen LogP contribution in [0, 0.1) is 5.92 Å². The first-order valence-electron chi connectivity index (χ1n) is 7.37. The van der Waals surface area contributed by atoms with Gasteiger partial charge in [0.1, 0.15) is 0 Å². The minimum Gasteiger partial charge on any atom is -0.453 e. The van der Waals surface area contributed by atoms with Crippen molar-refractivity contribution in [2.45, 2.75) is 32.5 Å². The molecule has 1 unspecified atom stereocenters. The number of amides is 1. The molecule has 1 aromatic rings. The molecule has 128 valence electrons. The normalized spacial score (nSPS) is 14.9. The summed E-state index contributed by atoms with van der Waals surface area (Å²) in [6.07, 6.45) is -0.190. The van der Waals surface area contributed by atoms with Crippen molar-refractivity contribution >= 4 is 19.2 Å². The number of ether oxygens (including phenoxy) is 1. The van der Waals surface area contributed by atoms with Gasteiger partial charge in [-0.3, -0.25) is 9.36 Å². The Bertz CT molecular complexity index is 591. The summed E-state index contributed by atoms with van der Waals surface area (Å²) in [7, 11) is -1.86. The predicted octanol–water partition coefficient (Wildman–Crippen LogP) is 2.58. The highest BCUT2D eigenvalue weighted by molar-refractivity contribution is 7.56. The number of hydrogen-bond acceptors (Lipinski definition) is 4. The number of methoxy groups -OCH3 is 1. The second-order valence-corrected chi connectivity index (χ2v) is 8.39. The Balaban J connectivity index is 2.84. The fourth-order valence-corrected chi connectivity index (χ4v) is 3.07. The molecule has 1 rings (SSSR count). The molecule has 2 N–H and O–H groups in total. The Morgan fingerprint density at radius 3 is 2.17 bits per heavy atom. The molecule has 0 aliphatic heterocycles. The van der Waals surface area contributed by atoms with Crippen molar-refractivity contribution in [3.8, 4) is 0 Å². The van der Waals surface area contributed by atoms with Crippen LogP contribution in [0.15, 0.2) is 24.3 Å². The van der Waals surface area contributed by atoms with Crippen LogP contribution >= 0.6 is 7.37 Å². The fourth-order valence-electron chi connectivity index (χ4n) is 2.18.